The zero-order chi connectivity index (χ0) is 11.7. The fourth-order valence-corrected chi connectivity index (χ4v) is 2.48. The van der Waals surface area contributed by atoms with Gasteiger partial charge in [-0.3, -0.25) is 0 Å². The fraction of sp³-hybridized carbons (Fsp3) is 0.0833. The van der Waals surface area contributed by atoms with Crippen molar-refractivity contribution in [3.8, 4) is 11.1 Å². The molecule has 0 fully saturated rings. The summed E-state index contributed by atoms with van der Waals surface area (Å²) in [6.45, 7) is 1.98. The Bertz CT molecular complexity index is 520. The SMILES string of the molecule is Cc1cc(-c2ccc(Cl)c(Cl)c2)cc(I)n1. The Kier molecular flexibility index (Phi) is 3.72. The molecular formula is C12H8Cl2IN. The van der Waals surface area contributed by atoms with E-state index < -0.39 is 0 Å². The van der Waals surface area contributed by atoms with E-state index in [0.29, 0.717) is 10.0 Å². The van der Waals surface area contributed by atoms with Crippen LogP contribution >= 0.6 is 45.8 Å². The molecule has 0 atom stereocenters. The van der Waals surface area contributed by atoms with Gasteiger partial charge in [-0.2, -0.15) is 0 Å². The van der Waals surface area contributed by atoms with Crippen LogP contribution in [-0.2, 0) is 0 Å². The Morgan fingerprint density at radius 1 is 1.00 bits per heavy atom. The molecule has 82 valence electrons. The molecular weight excluding hydrogens is 356 g/mol. The molecule has 0 amide bonds. The van der Waals surface area contributed by atoms with E-state index >= 15 is 0 Å². The van der Waals surface area contributed by atoms with Gasteiger partial charge in [-0.1, -0.05) is 29.3 Å². The van der Waals surface area contributed by atoms with Gasteiger partial charge in [0.25, 0.3) is 0 Å². The van der Waals surface area contributed by atoms with Gasteiger partial charge in [0.2, 0.25) is 0 Å². The van der Waals surface area contributed by atoms with Gasteiger partial charge in [-0.15, -0.1) is 0 Å². The van der Waals surface area contributed by atoms with Crippen LogP contribution in [-0.4, -0.2) is 4.98 Å². The maximum absolute atomic E-state index is 5.99. The number of aromatic nitrogens is 1. The largest absolute Gasteiger partial charge is 0.247 e. The molecule has 1 nitrogen and oxygen atoms in total. The molecule has 16 heavy (non-hydrogen) atoms. The van der Waals surface area contributed by atoms with E-state index in [-0.39, 0.29) is 0 Å². The third-order valence-corrected chi connectivity index (χ3v) is 3.47. The molecule has 0 aliphatic heterocycles. The van der Waals surface area contributed by atoms with Gasteiger partial charge >= 0.3 is 0 Å². The van der Waals surface area contributed by atoms with Crippen molar-refractivity contribution in [1.82, 2.24) is 4.98 Å². The van der Waals surface area contributed by atoms with Crippen molar-refractivity contribution in [2.75, 3.05) is 0 Å². The normalized spacial score (nSPS) is 10.5. The predicted molar refractivity (Wildman–Crippen MR) is 77.1 cm³/mol. The molecule has 2 aromatic rings. The molecule has 0 spiro atoms. The summed E-state index contributed by atoms with van der Waals surface area (Å²) in [5, 5.41) is 1.15. The van der Waals surface area contributed by atoms with E-state index in [4.69, 9.17) is 23.2 Å². The van der Waals surface area contributed by atoms with Gasteiger partial charge in [-0.05, 0) is 64.9 Å². The van der Waals surface area contributed by atoms with Gasteiger partial charge in [-0.25, -0.2) is 4.98 Å². The molecule has 1 aromatic heterocycles. The first-order valence-electron chi connectivity index (χ1n) is 4.66. The Labute approximate surface area is 118 Å². The van der Waals surface area contributed by atoms with Crippen LogP contribution in [0.4, 0.5) is 0 Å². The third-order valence-electron chi connectivity index (χ3n) is 2.18. The van der Waals surface area contributed by atoms with Crippen molar-refractivity contribution in [1.29, 1.82) is 0 Å². The molecule has 0 unspecified atom stereocenters. The summed E-state index contributed by atoms with van der Waals surface area (Å²) < 4.78 is 0.971. The highest BCUT2D eigenvalue weighted by molar-refractivity contribution is 14.1. The molecule has 0 saturated heterocycles. The number of halogens is 3. The first kappa shape index (κ1) is 12.1. The van der Waals surface area contributed by atoms with Crippen molar-refractivity contribution >= 4 is 45.8 Å². The highest BCUT2D eigenvalue weighted by Gasteiger charge is 2.04. The quantitative estimate of drug-likeness (QED) is 0.515. The van der Waals surface area contributed by atoms with Crippen LogP contribution in [0.25, 0.3) is 11.1 Å². The van der Waals surface area contributed by atoms with Crippen LogP contribution in [0.2, 0.25) is 10.0 Å². The van der Waals surface area contributed by atoms with Gasteiger partial charge in [0.15, 0.2) is 0 Å². The minimum atomic E-state index is 0.573. The highest BCUT2D eigenvalue weighted by atomic mass is 127. The summed E-state index contributed by atoms with van der Waals surface area (Å²) in [5.41, 5.74) is 3.15. The second-order valence-electron chi connectivity index (χ2n) is 3.45. The summed E-state index contributed by atoms with van der Waals surface area (Å²) in [7, 11) is 0. The smallest absolute Gasteiger partial charge is 0.102 e. The zero-order valence-electron chi connectivity index (χ0n) is 8.47. The minimum absolute atomic E-state index is 0.573. The van der Waals surface area contributed by atoms with Crippen molar-refractivity contribution in [2.24, 2.45) is 0 Å². The van der Waals surface area contributed by atoms with Crippen LogP contribution < -0.4 is 0 Å². The molecule has 1 aromatic carbocycles. The van der Waals surface area contributed by atoms with Crippen molar-refractivity contribution in [2.45, 2.75) is 6.92 Å². The number of pyridine rings is 1. The average molecular weight is 364 g/mol. The number of hydrogen-bond donors (Lipinski definition) is 0. The van der Waals surface area contributed by atoms with E-state index in [9.17, 15) is 0 Å². The van der Waals surface area contributed by atoms with Crippen LogP contribution in [0, 0.1) is 10.6 Å². The van der Waals surface area contributed by atoms with Crippen LogP contribution in [0.5, 0.6) is 0 Å². The molecule has 0 aliphatic carbocycles. The monoisotopic (exact) mass is 363 g/mol. The van der Waals surface area contributed by atoms with E-state index in [2.05, 4.69) is 27.6 Å². The van der Waals surface area contributed by atoms with Crippen LogP contribution in [0.3, 0.4) is 0 Å². The van der Waals surface area contributed by atoms with Crippen molar-refractivity contribution in [3.05, 3.63) is 49.8 Å². The Balaban J connectivity index is 2.54. The van der Waals surface area contributed by atoms with Gasteiger partial charge in [0.05, 0.1) is 10.0 Å². The fourth-order valence-electron chi connectivity index (χ4n) is 1.47. The molecule has 0 aliphatic rings. The lowest BCUT2D eigenvalue weighted by Gasteiger charge is -2.05. The standard InChI is InChI=1S/C12H8Cl2IN/c1-7-4-9(6-12(15)16-7)8-2-3-10(13)11(14)5-8/h2-6H,1H3. The maximum Gasteiger partial charge on any atom is 0.102 e. The summed E-state index contributed by atoms with van der Waals surface area (Å²) in [4.78, 5) is 4.33. The maximum atomic E-state index is 5.99. The molecule has 0 N–H and O–H groups in total. The van der Waals surface area contributed by atoms with Crippen molar-refractivity contribution < 1.29 is 0 Å². The van der Waals surface area contributed by atoms with E-state index in [1.807, 2.05) is 37.3 Å². The number of hydrogen-bond acceptors (Lipinski definition) is 1. The average Bonchev–Trinajstić information content (AvgIpc) is 2.20. The molecule has 0 saturated carbocycles. The second kappa shape index (κ2) is 4.90. The van der Waals surface area contributed by atoms with Gasteiger partial charge in [0.1, 0.15) is 3.70 Å². The number of aryl methyl sites for hydroxylation is 1. The van der Waals surface area contributed by atoms with Crippen molar-refractivity contribution in [3.63, 3.8) is 0 Å². The van der Waals surface area contributed by atoms with Gasteiger partial charge < -0.3 is 0 Å². The summed E-state index contributed by atoms with van der Waals surface area (Å²) >= 11 is 14.1. The summed E-state index contributed by atoms with van der Waals surface area (Å²) in [6.07, 6.45) is 0. The molecule has 2 rings (SSSR count). The summed E-state index contributed by atoms with van der Waals surface area (Å²) in [6, 6.07) is 9.69. The zero-order valence-corrected chi connectivity index (χ0v) is 12.1. The molecule has 1 heterocycles. The lowest BCUT2D eigenvalue weighted by atomic mass is 10.1. The lowest BCUT2D eigenvalue weighted by molar-refractivity contribution is 1.17. The Morgan fingerprint density at radius 3 is 2.38 bits per heavy atom. The number of benzene rings is 1. The van der Waals surface area contributed by atoms with E-state index in [1.54, 1.807) is 0 Å². The Hall–Kier alpha value is -0.320. The third kappa shape index (κ3) is 2.67. The predicted octanol–water partition coefficient (Wildman–Crippen LogP) is 4.97. The summed E-state index contributed by atoms with van der Waals surface area (Å²) in [5.74, 6) is 0. The molecule has 0 bridgehead atoms. The van der Waals surface area contributed by atoms with Crippen LogP contribution in [0.15, 0.2) is 30.3 Å². The first-order chi connectivity index (χ1) is 7.56. The second-order valence-corrected chi connectivity index (χ2v) is 5.37. The van der Waals surface area contributed by atoms with E-state index in [0.717, 1.165) is 20.5 Å². The van der Waals surface area contributed by atoms with E-state index in [1.165, 1.54) is 0 Å². The first-order valence-corrected chi connectivity index (χ1v) is 6.49. The molecule has 0 radical (unpaired) electrons. The number of nitrogens with zero attached hydrogens (tertiary/aromatic N) is 1. The number of rotatable bonds is 1. The molecule has 4 heteroatoms. The van der Waals surface area contributed by atoms with Gasteiger partial charge in [0, 0.05) is 5.69 Å². The lowest BCUT2D eigenvalue weighted by Crippen LogP contribution is -1.87. The highest BCUT2D eigenvalue weighted by Crippen LogP contribution is 2.29. The Morgan fingerprint density at radius 2 is 1.75 bits per heavy atom. The topological polar surface area (TPSA) is 12.9 Å². The van der Waals surface area contributed by atoms with Crippen LogP contribution in [0.1, 0.15) is 5.69 Å². The minimum Gasteiger partial charge on any atom is -0.247 e.